The zero-order chi connectivity index (χ0) is 19.1. The molecule has 0 aliphatic carbocycles. The fraction of sp³-hybridized carbons (Fsp3) is 0.450. The van der Waals surface area contributed by atoms with Crippen LogP contribution in [-0.4, -0.2) is 39.3 Å². The van der Waals surface area contributed by atoms with Crippen molar-refractivity contribution in [1.29, 1.82) is 0 Å². The van der Waals surface area contributed by atoms with Crippen molar-refractivity contribution in [1.82, 2.24) is 19.5 Å². The lowest BCUT2D eigenvalue weighted by atomic mass is 10.2. The first-order valence-corrected chi connectivity index (χ1v) is 9.35. The molecule has 0 aliphatic rings. The molecule has 7 heteroatoms. The Kier molecular flexibility index (Phi) is 6.73. The Balaban J connectivity index is 1.59. The van der Waals surface area contributed by atoms with Gasteiger partial charge in [0, 0.05) is 37.8 Å². The molecule has 0 saturated heterocycles. The average molecular weight is 369 g/mol. The first kappa shape index (κ1) is 19.3. The second-order valence-corrected chi connectivity index (χ2v) is 6.41. The van der Waals surface area contributed by atoms with Crippen LogP contribution in [0.3, 0.4) is 0 Å². The van der Waals surface area contributed by atoms with Crippen LogP contribution in [0.2, 0.25) is 0 Å². The van der Waals surface area contributed by atoms with Crippen LogP contribution >= 0.6 is 0 Å². The van der Waals surface area contributed by atoms with Crippen LogP contribution in [0, 0.1) is 6.92 Å². The summed E-state index contributed by atoms with van der Waals surface area (Å²) in [6, 6.07) is 6.06. The van der Waals surface area contributed by atoms with E-state index in [9.17, 15) is 0 Å². The molecule has 0 aromatic carbocycles. The number of aryl methyl sites for hydroxylation is 2. The Bertz CT molecular complexity index is 864. The smallest absolute Gasteiger partial charge is 0.151 e. The fourth-order valence-electron chi connectivity index (χ4n) is 3.06. The van der Waals surface area contributed by atoms with Crippen LogP contribution in [0.5, 0.6) is 0 Å². The zero-order valence-corrected chi connectivity index (χ0v) is 16.0. The summed E-state index contributed by atoms with van der Waals surface area (Å²) in [6.07, 6.45) is 5.63. The van der Waals surface area contributed by atoms with Gasteiger partial charge in [0.1, 0.15) is 17.9 Å². The highest BCUT2D eigenvalue weighted by atomic mass is 16.5. The van der Waals surface area contributed by atoms with Crippen LogP contribution in [0.15, 0.2) is 30.6 Å². The molecule has 144 valence electrons. The average Bonchev–Trinajstić information content (AvgIpc) is 3.01. The van der Waals surface area contributed by atoms with E-state index in [0.29, 0.717) is 38.8 Å². The Labute approximate surface area is 159 Å². The molecule has 7 nitrogen and oxygen atoms in total. The van der Waals surface area contributed by atoms with E-state index in [-0.39, 0.29) is 0 Å². The van der Waals surface area contributed by atoms with Crippen molar-refractivity contribution in [3.63, 3.8) is 0 Å². The number of fused-ring (bicyclic) bond motifs is 1. The maximum atomic E-state index is 6.05. The summed E-state index contributed by atoms with van der Waals surface area (Å²) >= 11 is 0. The highest BCUT2D eigenvalue weighted by molar-refractivity contribution is 5.85. The molecule has 0 saturated carbocycles. The molecule has 0 bridgehead atoms. The van der Waals surface area contributed by atoms with E-state index in [0.717, 1.165) is 35.4 Å². The largest absolute Gasteiger partial charge is 0.382 e. The third kappa shape index (κ3) is 5.02. The predicted octanol–water partition coefficient (Wildman–Crippen LogP) is 2.90. The number of nitrogen functional groups attached to an aromatic ring is 1. The van der Waals surface area contributed by atoms with Gasteiger partial charge in [-0.1, -0.05) is 6.07 Å². The monoisotopic (exact) mass is 369 g/mol. The molecular weight excluding hydrogens is 342 g/mol. The third-order valence-electron chi connectivity index (χ3n) is 4.34. The van der Waals surface area contributed by atoms with E-state index in [1.165, 1.54) is 5.56 Å². The molecule has 0 fully saturated rings. The van der Waals surface area contributed by atoms with Gasteiger partial charge in [-0.25, -0.2) is 9.97 Å². The van der Waals surface area contributed by atoms with Gasteiger partial charge in [0.05, 0.1) is 12.1 Å². The van der Waals surface area contributed by atoms with E-state index in [4.69, 9.17) is 15.2 Å². The number of nitrogens with two attached hydrogens (primary N) is 1. The number of nitrogens with zero attached hydrogens (tertiary/aromatic N) is 4. The predicted molar refractivity (Wildman–Crippen MR) is 105 cm³/mol. The van der Waals surface area contributed by atoms with E-state index >= 15 is 0 Å². The SMILES string of the molecule is CCOCc1nc2c(N)nc(C)cc2n1CCOCCCc1cccnc1. The Morgan fingerprint density at radius 1 is 1.19 bits per heavy atom. The van der Waals surface area contributed by atoms with Crippen molar-refractivity contribution in [3.05, 3.63) is 47.7 Å². The molecule has 0 unspecified atom stereocenters. The molecule has 3 aromatic rings. The van der Waals surface area contributed by atoms with Crippen LogP contribution in [0.1, 0.15) is 30.4 Å². The minimum Gasteiger partial charge on any atom is -0.382 e. The normalized spacial score (nSPS) is 11.3. The number of hydrogen-bond acceptors (Lipinski definition) is 6. The highest BCUT2D eigenvalue weighted by Crippen LogP contribution is 2.22. The van der Waals surface area contributed by atoms with E-state index in [1.807, 2.05) is 32.2 Å². The molecule has 0 atom stereocenters. The number of ether oxygens (including phenoxy) is 2. The summed E-state index contributed by atoms with van der Waals surface area (Å²) in [5.41, 5.74) is 9.87. The molecule has 27 heavy (non-hydrogen) atoms. The van der Waals surface area contributed by atoms with Gasteiger partial charge in [-0.15, -0.1) is 0 Å². The van der Waals surface area contributed by atoms with Gasteiger partial charge in [0.15, 0.2) is 5.82 Å². The second-order valence-electron chi connectivity index (χ2n) is 6.41. The Hall–Kier alpha value is -2.51. The summed E-state index contributed by atoms with van der Waals surface area (Å²) < 4.78 is 13.5. The van der Waals surface area contributed by atoms with Crippen molar-refractivity contribution in [2.24, 2.45) is 0 Å². The molecule has 0 aliphatic heterocycles. The van der Waals surface area contributed by atoms with Crippen LogP contribution < -0.4 is 5.73 Å². The van der Waals surface area contributed by atoms with Gasteiger partial charge in [-0.3, -0.25) is 4.98 Å². The number of imidazole rings is 1. The summed E-state index contributed by atoms with van der Waals surface area (Å²) in [6.45, 7) is 7.02. The van der Waals surface area contributed by atoms with Crippen molar-refractivity contribution in [2.45, 2.75) is 39.8 Å². The number of pyridine rings is 2. The van der Waals surface area contributed by atoms with Crippen molar-refractivity contribution in [2.75, 3.05) is 25.6 Å². The first-order chi connectivity index (χ1) is 13.2. The lowest BCUT2D eigenvalue weighted by molar-refractivity contribution is 0.112. The molecule has 3 aromatic heterocycles. The maximum absolute atomic E-state index is 6.05. The fourth-order valence-corrected chi connectivity index (χ4v) is 3.06. The van der Waals surface area contributed by atoms with Crippen LogP contribution in [0.25, 0.3) is 11.0 Å². The van der Waals surface area contributed by atoms with Crippen molar-refractivity contribution in [3.8, 4) is 0 Å². The summed E-state index contributed by atoms with van der Waals surface area (Å²) in [5, 5.41) is 0. The van der Waals surface area contributed by atoms with Crippen molar-refractivity contribution >= 4 is 16.9 Å². The number of anilines is 1. The minimum atomic E-state index is 0.449. The zero-order valence-electron chi connectivity index (χ0n) is 16.0. The van der Waals surface area contributed by atoms with Gasteiger partial charge >= 0.3 is 0 Å². The van der Waals surface area contributed by atoms with Gasteiger partial charge in [-0.05, 0) is 44.4 Å². The topological polar surface area (TPSA) is 88.1 Å². The highest BCUT2D eigenvalue weighted by Gasteiger charge is 2.14. The van der Waals surface area contributed by atoms with Crippen LogP contribution in [0.4, 0.5) is 5.82 Å². The molecule has 0 amide bonds. The van der Waals surface area contributed by atoms with Crippen LogP contribution in [-0.2, 0) is 29.0 Å². The summed E-state index contributed by atoms with van der Waals surface area (Å²) in [5.74, 6) is 1.31. The molecule has 2 N–H and O–H groups in total. The number of rotatable bonds is 10. The summed E-state index contributed by atoms with van der Waals surface area (Å²) in [4.78, 5) is 13.1. The maximum Gasteiger partial charge on any atom is 0.151 e. The van der Waals surface area contributed by atoms with Gasteiger partial charge in [0.25, 0.3) is 0 Å². The Morgan fingerprint density at radius 2 is 2.07 bits per heavy atom. The van der Waals surface area contributed by atoms with E-state index < -0.39 is 0 Å². The molecule has 3 heterocycles. The Morgan fingerprint density at radius 3 is 2.85 bits per heavy atom. The molecule has 3 rings (SSSR count). The molecular formula is C20H27N5O2. The van der Waals surface area contributed by atoms with E-state index in [1.54, 1.807) is 6.20 Å². The molecule has 0 spiro atoms. The lowest BCUT2D eigenvalue weighted by Crippen LogP contribution is -2.11. The minimum absolute atomic E-state index is 0.449. The molecule has 0 radical (unpaired) electrons. The quantitative estimate of drug-likeness (QED) is 0.553. The van der Waals surface area contributed by atoms with E-state index in [2.05, 4.69) is 25.6 Å². The lowest BCUT2D eigenvalue weighted by Gasteiger charge is -2.10. The third-order valence-corrected chi connectivity index (χ3v) is 4.34. The number of aromatic nitrogens is 4. The van der Waals surface area contributed by atoms with Gasteiger partial charge < -0.3 is 19.8 Å². The van der Waals surface area contributed by atoms with Crippen molar-refractivity contribution < 1.29 is 9.47 Å². The number of hydrogen-bond donors (Lipinski definition) is 1. The standard InChI is InChI=1S/C20H27N5O2/c1-3-26-14-18-24-19-17(12-15(2)23-20(19)21)25(18)9-11-27-10-5-7-16-6-4-8-22-13-16/h4,6,8,12-13H,3,5,7,9-11,14H2,1-2H3,(H2,21,23). The van der Waals surface area contributed by atoms with Gasteiger partial charge in [0.2, 0.25) is 0 Å². The summed E-state index contributed by atoms with van der Waals surface area (Å²) in [7, 11) is 0. The first-order valence-electron chi connectivity index (χ1n) is 9.35. The van der Waals surface area contributed by atoms with Gasteiger partial charge in [-0.2, -0.15) is 0 Å². The second kappa shape index (κ2) is 9.43.